The molecule has 0 aliphatic rings. The van der Waals surface area contributed by atoms with Crippen molar-refractivity contribution in [2.24, 2.45) is 5.41 Å². The summed E-state index contributed by atoms with van der Waals surface area (Å²) >= 11 is 0. The molecule has 0 aliphatic heterocycles. The first kappa shape index (κ1) is 18.1. The summed E-state index contributed by atoms with van der Waals surface area (Å²) in [6, 6.07) is 14.5. The molecule has 4 heteroatoms. The number of benzene rings is 2. The Morgan fingerprint density at radius 2 is 1.83 bits per heavy atom. The molecule has 2 aromatic rings. The van der Waals surface area contributed by atoms with Gasteiger partial charge in [-0.25, -0.2) is 4.39 Å². The van der Waals surface area contributed by atoms with Gasteiger partial charge in [0, 0.05) is 24.8 Å². The van der Waals surface area contributed by atoms with Crippen LogP contribution in [0.25, 0.3) is 0 Å². The van der Waals surface area contributed by atoms with E-state index in [1.165, 1.54) is 13.0 Å². The number of aliphatic hydroxyl groups is 1. The predicted octanol–water partition coefficient (Wildman–Crippen LogP) is 4.24. The van der Waals surface area contributed by atoms with Crippen molar-refractivity contribution in [3.63, 3.8) is 0 Å². The van der Waals surface area contributed by atoms with Crippen LogP contribution < -0.4 is 5.32 Å². The molecular formula is C20H24FNO2. The van der Waals surface area contributed by atoms with Crippen molar-refractivity contribution in [3.8, 4) is 0 Å². The largest absolute Gasteiger partial charge is 0.396 e. The zero-order valence-corrected chi connectivity index (χ0v) is 14.3. The molecule has 2 N–H and O–H groups in total. The number of hydrogen-bond donors (Lipinski definition) is 2. The van der Waals surface area contributed by atoms with Crippen molar-refractivity contribution < 1.29 is 14.3 Å². The number of anilines is 1. The van der Waals surface area contributed by atoms with Crippen LogP contribution >= 0.6 is 0 Å². The highest BCUT2D eigenvalue weighted by Crippen LogP contribution is 2.35. The molecule has 3 nitrogen and oxygen atoms in total. The average molecular weight is 329 g/mol. The maximum atomic E-state index is 13.9. The Hall–Kier alpha value is -2.20. The van der Waals surface area contributed by atoms with Gasteiger partial charge in [-0.3, -0.25) is 4.79 Å². The number of carbonyl (C=O) groups excluding carboxylic acids is 1. The van der Waals surface area contributed by atoms with Gasteiger partial charge in [0.05, 0.1) is 5.56 Å². The van der Waals surface area contributed by atoms with Gasteiger partial charge in [-0.2, -0.15) is 0 Å². The van der Waals surface area contributed by atoms with E-state index in [4.69, 9.17) is 0 Å². The van der Waals surface area contributed by atoms with Crippen molar-refractivity contribution in [1.29, 1.82) is 0 Å². The Morgan fingerprint density at radius 1 is 1.17 bits per heavy atom. The average Bonchev–Trinajstić information content (AvgIpc) is 2.55. The zero-order chi connectivity index (χ0) is 17.7. The Bertz CT molecular complexity index is 698. The van der Waals surface area contributed by atoms with E-state index in [1.807, 2.05) is 44.2 Å². The summed E-state index contributed by atoms with van der Waals surface area (Å²) in [6.07, 6.45) is 0. The van der Waals surface area contributed by atoms with E-state index >= 15 is 0 Å². The van der Waals surface area contributed by atoms with Crippen molar-refractivity contribution in [3.05, 3.63) is 65.5 Å². The second-order valence-electron chi connectivity index (χ2n) is 6.71. The fourth-order valence-electron chi connectivity index (χ4n) is 2.88. The monoisotopic (exact) mass is 329 g/mol. The predicted molar refractivity (Wildman–Crippen MR) is 94.9 cm³/mol. The number of rotatable bonds is 7. The molecule has 2 rings (SSSR count). The lowest BCUT2D eigenvalue weighted by molar-refractivity contribution is 0.101. The molecule has 0 saturated carbocycles. The van der Waals surface area contributed by atoms with Gasteiger partial charge in [0.2, 0.25) is 0 Å². The van der Waals surface area contributed by atoms with Gasteiger partial charge in [-0.1, -0.05) is 50.2 Å². The lowest BCUT2D eigenvalue weighted by atomic mass is 9.75. The van der Waals surface area contributed by atoms with Gasteiger partial charge in [-0.15, -0.1) is 0 Å². The summed E-state index contributed by atoms with van der Waals surface area (Å²) in [4.78, 5) is 11.7. The number of ketones is 1. The Kier molecular flexibility index (Phi) is 5.73. The van der Waals surface area contributed by atoms with Crippen LogP contribution in [0.15, 0.2) is 48.5 Å². The standard InChI is InChI=1S/C20H24FNO2/c1-14(24)19-17(21)10-7-11-18(19)22-12-16(20(2,3)13-23)15-8-5-4-6-9-15/h4-11,16,22-23H,12-13H2,1-3H3. The highest BCUT2D eigenvalue weighted by atomic mass is 19.1. The first-order valence-electron chi connectivity index (χ1n) is 8.06. The van der Waals surface area contributed by atoms with E-state index < -0.39 is 5.82 Å². The van der Waals surface area contributed by atoms with Crippen molar-refractivity contribution in [2.75, 3.05) is 18.5 Å². The third-order valence-electron chi connectivity index (χ3n) is 4.42. The van der Waals surface area contributed by atoms with Gasteiger partial charge in [0.25, 0.3) is 0 Å². The van der Waals surface area contributed by atoms with Crippen LogP contribution in [0.4, 0.5) is 10.1 Å². The lowest BCUT2D eigenvalue weighted by Gasteiger charge is -2.33. The minimum Gasteiger partial charge on any atom is -0.396 e. The van der Waals surface area contributed by atoms with Gasteiger partial charge >= 0.3 is 0 Å². The number of aliphatic hydroxyl groups excluding tert-OH is 1. The number of halogens is 1. The molecule has 1 unspecified atom stereocenters. The van der Waals surface area contributed by atoms with Crippen LogP contribution in [0.5, 0.6) is 0 Å². The van der Waals surface area contributed by atoms with Crippen LogP contribution in [-0.4, -0.2) is 24.0 Å². The fraction of sp³-hybridized carbons (Fsp3) is 0.350. The minimum atomic E-state index is -0.523. The topological polar surface area (TPSA) is 49.3 Å². The highest BCUT2D eigenvalue weighted by Gasteiger charge is 2.30. The summed E-state index contributed by atoms with van der Waals surface area (Å²) in [6.45, 7) is 5.85. The zero-order valence-electron chi connectivity index (χ0n) is 14.3. The highest BCUT2D eigenvalue weighted by molar-refractivity contribution is 5.99. The summed E-state index contributed by atoms with van der Waals surface area (Å²) in [5.74, 6) is -0.828. The number of hydrogen-bond acceptors (Lipinski definition) is 3. The van der Waals surface area contributed by atoms with E-state index in [0.717, 1.165) is 5.56 Å². The summed E-state index contributed by atoms with van der Waals surface area (Å²) in [5.41, 5.74) is 1.28. The molecule has 2 aromatic carbocycles. The van der Waals surface area contributed by atoms with Crippen LogP contribution in [0, 0.1) is 11.2 Å². The second kappa shape index (κ2) is 7.58. The molecule has 0 aromatic heterocycles. The SMILES string of the molecule is CC(=O)c1c(F)cccc1NCC(c1ccccc1)C(C)(C)CO. The van der Waals surface area contributed by atoms with Gasteiger partial charge in [0.15, 0.2) is 5.78 Å². The van der Waals surface area contributed by atoms with Gasteiger partial charge in [0.1, 0.15) is 5.82 Å². The lowest BCUT2D eigenvalue weighted by Crippen LogP contribution is -2.31. The van der Waals surface area contributed by atoms with E-state index in [1.54, 1.807) is 12.1 Å². The molecule has 1 atom stereocenters. The first-order valence-corrected chi connectivity index (χ1v) is 8.06. The van der Waals surface area contributed by atoms with E-state index in [-0.39, 0.29) is 29.3 Å². The second-order valence-corrected chi connectivity index (χ2v) is 6.71. The van der Waals surface area contributed by atoms with Crippen LogP contribution in [0.3, 0.4) is 0 Å². The maximum absolute atomic E-state index is 13.9. The Morgan fingerprint density at radius 3 is 2.42 bits per heavy atom. The molecule has 0 saturated heterocycles. The summed E-state index contributed by atoms with van der Waals surface area (Å²) in [7, 11) is 0. The Balaban J connectivity index is 2.30. The molecule has 0 radical (unpaired) electrons. The van der Waals surface area contributed by atoms with Crippen molar-refractivity contribution in [2.45, 2.75) is 26.7 Å². The van der Waals surface area contributed by atoms with Gasteiger partial charge < -0.3 is 10.4 Å². The van der Waals surface area contributed by atoms with Crippen molar-refractivity contribution >= 4 is 11.5 Å². The molecule has 128 valence electrons. The number of nitrogens with one attached hydrogen (secondary N) is 1. The summed E-state index contributed by atoms with van der Waals surface area (Å²) in [5, 5.41) is 13.0. The fourth-order valence-corrected chi connectivity index (χ4v) is 2.88. The minimum absolute atomic E-state index is 0.00627. The van der Waals surface area contributed by atoms with E-state index in [0.29, 0.717) is 12.2 Å². The number of Topliss-reactive ketones (excluding diaryl/α,β-unsaturated/α-hetero) is 1. The quantitative estimate of drug-likeness (QED) is 0.747. The van der Waals surface area contributed by atoms with E-state index in [9.17, 15) is 14.3 Å². The normalized spacial score (nSPS) is 12.7. The van der Waals surface area contributed by atoms with Crippen molar-refractivity contribution in [1.82, 2.24) is 0 Å². The van der Waals surface area contributed by atoms with Crippen LogP contribution in [-0.2, 0) is 0 Å². The van der Waals surface area contributed by atoms with Crippen LogP contribution in [0.1, 0.15) is 42.6 Å². The molecular weight excluding hydrogens is 305 g/mol. The molecule has 0 amide bonds. The molecule has 0 aliphatic carbocycles. The van der Waals surface area contributed by atoms with Crippen LogP contribution in [0.2, 0.25) is 0 Å². The maximum Gasteiger partial charge on any atom is 0.164 e. The van der Waals surface area contributed by atoms with Gasteiger partial charge in [-0.05, 0) is 30.0 Å². The first-order chi connectivity index (χ1) is 11.4. The smallest absolute Gasteiger partial charge is 0.164 e. The van der Waals surface area contributed by atoms with E-state index in [2.05, 4.69) is 5.32 Å². The molecule has 24 heavy (non-hydrogen) atoms. The molecule has 0 heterocycles. The third kappa shape index (κ3) is 4.01. The third-order valence-corrected chi connectivity index (χ3v) is 4.42. The molecule has 0 spiro atoms. The summed E-state index contributed by atoms with van der Waals surface area (Å²) < 4.78 is 13.9. The Labute approximate surface area is 142 Å². The molecule has 0 fully saturated rings. The molecule has 0 bridgehead atoms. The number of carbonyl (C=O) groups is 1.